The molecule has 4 rings (SSSR count). The predicted octanol–water partition coefficient (Wildman–Crippen LogP) is 2.34. The van der Waals surface area contributed by atoms with Crippen LogP contribution in [0, 0.1) is 0 Å². The first kappa shape index (κ1) is 16.5. The third-order valence-corrected chi connectivity index (χ3v) is 5.40. The second-order valence-corrected chi connectivity index (χ2v) is 7.06. The third kappa shape index (κ3) is 3.27. The van der Waals surface area contributed by atoms with Gasteiger partial charge in [-0.3, -0.25) is 9.88 Å². The summed E-state index contributed by atoms with van der Waals surface area (Å²) >= 11 is 0. The Morgan fingerprint density at radius 2 is 1.92 bits per heavy atom. The molecule has 5 heteroatoms. The predicted molar refractivity (Wildman–Crippen MR) is 94.3 cm³/mol. The Balaban J connectivity index is 1.58. The van der Waals surface area contributed by atoms with Crippen LogP contribution in [0.5, 0.6) is 5.75 Å². The maximum Gasteiger partial charge on any atom is 0.137 e. The molecule has 25 heavy (non-hydrogen) atoms. The summed E-state index contributed by atoms with van der Waals surface area (Å²) in [5.41, 5.74) is 1.25. The molecule has 2 saturated heterocycles. The van der Waals surface area contributed by atoms with E-state index in [9.17, 15) is 5.11 Å². The molecule has 0 amide bonds. The van der Waals surface area contributed by atoms with Crippen molar-refractivity contribution < 1.29 is 14.6 Å². The van der Waals surface area contributed by atoms with Crippen molar-refractivity contribution in [2.75, 3.05) is 20.3 Å². The Bertz CT molecular complexity index is 708. The first-order valence-electron chi connectivity index (χ1n) is 8.77. The molecule has 2 aliphatic rings. The van der Waals surface area contributed by atoms with Gasteiger partial charge in [-0.1, -0.05) is 30.3 Å². The van der Waals surface area contributed by atoms with Crippen molar-refractivity contribution in [1.29, 1.82) is 0 Å². The second kappa shape index (κ2) is 6.75. The number of morpholine rings is 1. The van der Waals surface area contributed by atoms with E-state index in [1.165, 1.54) is 5.56 Å². The number of hydrogen-bond acceptors (Lipinski definition) is 5. The lowest BCUT2D eigenvalue weighted by molar-refractivity contribution is -0.149. The molecule has 132 valence electrons. The van der Waals surface area contributed by atoms with Crippen molar-refractivity contribution in [2.45, 2.75) is 37.1 Å². The summed E-state index contributed by atoms with van der Waals surface area (Å²) in [6, 6.07) is 12.8. The van der Waals surface area contributed by atoms with E-state index in [1.807, 2.05) is 12.1 Å². The van der Waals surface area contributed by atoms with E-state index in [4.69, 9.17) is 9.47 Å². The van der Waals surface area contributed by atoms with Crippen LogP contribution in [-0.2, 0) is 16.9 Å². The van der Waals surface area contributed by atoms with E-state index >= 15 is 0 Å². The zero-order valence-electron chi connectivity index (χ0n) is 14.5. The van der Waals surface area contributed by atoms with Crippen molar-refractivity contribution in [3.05, 3.63) is 59.9 Å². The molecule has 0 aliphatic carbocycles. The largest absolute Gasteiger partial charge is 0.495 e. The smallest absolute Gasteiger partial charge is 0.137 e. The Morgan fingerprint density at radius 3 is 2.60 bits per heavy atom. The van der Waals surface area contributed by atoms with Crippen LogP contribution in [0.4, 0.5) is 0 Å². The summed E-state index contributed by atoms with van der Waals surface area (Å²) in [4.78, 5) is 6.71. The third-order valence-electron chi connectivity index (χ3n) is 5.40. The second-order valence-electron chi connectivity index (χ2n) is 7.06. The monoisotopic (exact) mass is 340 g/mol. The van der Waals surface area contributed by atoms with Gasteiger partial charge in [0, 0.05) is 30.4 Å². The number of aliphatic hydroxyl groups is 1. The molecular weight excluding hydrogens is 316 g/mol. The number of nitrogens with zero attached hydrogens (tertiary/aromatic N) is 2. The fraction of sp³-hybridized carbons (Fsp3) is 0.450. The SMILES string of the molecule is COc1cncc(C2(O)CC3COCC(C2)N3Cc2ccccc2)c1. The van der Waals surface area contributed by atoms with E-state index < -0.39 is 5.60 Å². The molecule has 5 nitrogen and oxygen atoms in total. The van der Waals surface area contributed by atoms with Crippen LogP contribution < -0.4 is 4.74 Å². The van der Waals surface area contributed by atoms with Crippen LogP contribution in [0.25, 0.3) is 0 Å². The number of piperidine rings is 1. The Kier molecular flexibility index (Phi) is 4.46. The van der Waals surface area contributed by atoms with Gasteiger partial charge >= 0.3 is 0 Å². The molecule has 2 aliphatic heterocycles. The van der Waals surface area contributed by atoms with E-state index in [-0.39, 0.29) is 12.1 Å². The van der Waals surface area contributed by atoms with Crippen molar-refractivity contribution >= 4 is 0 Å². The molecule has 2 bridgehead atoms. The van der Waals surface area contributed by atoms with Gasteiger partial charge in [0.05, 0.1) is 32.1 Å². The minimum absolute atomic E-state index is 0.198. The van der Waals surface area contributed by atoms with Crippen LogP contribution in [-0.4, -0.2) is 47.4 Å². The van der Waals surface area contributed by atoms with Crippen LogP contribution in [0.2, 0.25) is 0 Å². The number of pyridine rings is 1. The quantitative estimate of drug-likeness (QED) is 0.926. The van der Waals surface area contributed by atoms with Crippen LogP contribution in [0.3, 0.4) is 0 Å². The van der Waals surface area contributed by atoms with Crippen LogP contribution >= 0.6 is 0 Å². The first-order chi connectivity index (χ1) is 12.2. The maximum atomic E-state index is 11.4. The molecule has 3 heterocycles. The first-order valence-corrected chi connectivity index (χ1v) is 8.77. The molecule has 1 N–H and O–H groups in total. The summed E-state index contributed by atoms with van der Waals surface area (Å²) in [6.45, 7) is 2.21. The van der Waals surface area contributed by atoms with Gasteiger partial charge in [0.1, 0.15) is 5.75 Å². The Morgan fingerprint density at radius 1 is 1.20 bits per heavy atom. The van der Waals surface area contributed by atoms with E-state index in [2.05, 4.69) is 34.1 Å². The van der Waals surface area contributed by atoms with Gasteiger partial charge in [-0.15, -0.1) is 0 Å². The van der Waals surface area contributed by atoms with Crippen molar-refractivity contribution in [3.63, 3.8) is 0 Å². The number of aromatic nitrogens is 1. The summed E-state index contributed by atoms with van der Waals surface area (Å²) in [7, 11) is 1.62. The van der Waals surface area contributed by atoms with E-state index in [1.54, 1.807) is 19.5 Å². The highest BCUT2D eigenvalue weighted by Gasteiger charge is 2.47. The highest BCUT2D eigenvalue weighted by Crippen LogP contribution is 2.42. The van der Waals surface area contributed by atoms with Crippen molar-refractivity contribution in [1.82, 2.24) is 9.88 Å². The molecule has 1 aromatic carbocycles. The van der Waals surface area contributed by atoms with Gasteiger partial charge in [0.2, 0.25) is 0 Å². The summed E-state index contributed by atoms with van der Waals surface area (Å²) in [6.07, 6.45) is 4.71. The lowest BCUT2D eigenvalue weighted by Crippen LogP contribution is -2.60. The summed E-state index contributed by atoms with van der Waals surface area (Å²) < 4.78 is 11.1. The Hall–Kier alpha value is -1.95. The number of ether oxygens (including phenoxy) is 2. The van der Waals surface area contributed by atoms with Gasteiger partial charge in [-0.05, 0) is 24.5 Å². The molecule has 0 saturated carbocycles. The molecule has 2 unspecified atom stereocenters. The maximum absolute atomic E-state index is 11.4. The fourth-order valence-electron chi connectivity index (χ4n) is 4.12. The zero-order valence-corrected chi connectivity index (χ0v) is 14.5. The lowest BCUT2D eigenvalue weighted by Gasteiger charge is -2.51. The highest BCUT2D eigenvalue weighted by atomic mass is 16.5. The van der Waals surface area contributed by atoms with Gasteiger partial charge in [0.25, 0.3) is 0 Å². The minimum Gasteiger partial charge on any atom is -0.495 e. The molecule has 0 spiro atoms. The summed E-state index contributed by atoms with van der Waals surface area (Å²) in [5, 5.41) is 11.4. The van der Waals surface area contributed by atoms with Crippen LogP contribution in [0.1, 0.15) is 24.0 Å². The normalized spacial score (nSPS) is 29.4. The van der Waals surface area contributed by atoms with Gasteiger partial charge < -0.3 is 14.6 Å². The van der Waals surface area contributed by atoms with Gasteiger partial charge in [-0.2, -0.15) is 0 Å². The average molecular weight is 340 g/mol. The zero-order chi connectivity index (χ0) is 17.3. The van der Waals surface area contributed by atoms with Crippen molar-refractivity contribution in [2.24, 2.45) is 0 Å². The lowest BCUT2D eigenvalue weighted by atomic mass is 9.77. The molecule has 2 fully saturated rings. The minimum atomic E-state index is -0.881. The molecular formula is C20H24N2O3. The molecule has 2 atom stereocenters. The average Bonchev–Trinajstić information content (AvgIpc) is 2.64. The van der Waals surface area contributed by atoms with E-state index in [0.29, 0.717) is 31.8 Å². The number of hydrogen-bond donors (Lipinski definition) is 1. The summed E-state index contributed by atoms with van der Waals surface area (Å²) in [5.74, 6) is 0.680. The number of fused-ring (bicyclic) bond motifs is 2. The molecule has 1 aromatic heterocycles. The number of benzene rings is 1. The van der Waals surface area contributed by atoms with E-state index in [0.717, 1.165) is 12.1 Å². The van der Waals surface area contributed by atoms with Gasteiger partial charge in [0.15, 0.2) is 0 Å². The molecule has 2 aromatic rings. The Labute approximate surface area is 148 Å². The number of methoxy groups -OCH3 is 1. The topological polar surface area (TPSA) is 54.8 Å². The highest BCUT2D eigenvalue weighted by molar-refractivity contribution is 5.29. The van der Waals surface area contributed by atoms with Crippen LogP contribution in [0.15, 0.2) is 48.8 Å². The van der Waals surface area contributed by atoms with Crippen molar-refractivity contribution in [3.8, 4) is 5.75 Å². The standard InChI is InChI=1S/C20H24N2O3/c1-24-19-7-16(10-21-11-19)20(23)8-17-13-25-14-18(9-20)22(17)12-15-5-3-2-4-6-15/h2-7,10-11,17-18,23H,8-9,12-14H2,1H3. The fourth-order valence-corrected chi connectivity index (χ4v) is 4.12. The molecule has 0 radical (unpaired) electrons. The number of rotatable bonds is 4. The van der Waals surface area contributed by atoms with Gasteiger partial charge in [-0.25, -0.2) is 0 Å².